The summed E-state index contributed by atoms with van der Waals surface area (Å²) in [6.07, 6.45) is 3.41. The highest BCUT2D eigenvalue weighted by atomic mass is 17.2. The number of ether oxygens (including phenoxy) is 1. The van der Waals surface area contributed by atoms with Crippen LogP contribution in [0.25, 0.3) is 0 Å². The lowest BCUT2D eigenvalue weighted by atomic mass is 9.74. The van der Waals surface area contributed by atoms with Crippen molar-refractivity contribution in [1.82, 2.24) is 0 Å². The van der Waals surface area contributed by atoms with Gasteiger partial charge < -0.3 is 4.74 Å². The summed E-state index contributed by atoms with van der Waals surface area (Å²) in [5, 5.41) is 0. The van der Waals surface area contributed by atoms with Gasteiger partial charge in [-0.2, -0.15) is 0 Å². The van der Waals surface area contributed by atoms with Crippen LogP contribution in [0, 0.1) is 0 Å². The molecule has 0 amide bonds. The Bertz CT molecular complexity index is 565. The van der Waals surface area contributed by atoms with Crippen molar-refractivity contribution in [2.75, 3.05) is 0 Å². The Morgan fingerprint density at radius 3 is 2.47 bits per heavy atom. The molecular formula is C15H16O4. The molecule has 0 unspecified atom stereocenters. The number of esters is 1. The molecule has 19 heavy (non-hydrogen) atoms. The number of carbonyl (C=O) groups excluding carboxylic acids is 1. The summed E-state index contributed by atoms with van der Waals surface area (Å²) in [5.41, 5.74) is 0.594. The highest BCUT2D eigenvalue weighted by Gasteiger charge is 2.53. The van der Waals surface area contributed by atoms with Gasteiger partial charge in [0.15, 0.2) is 5.60 Å². The molecule has 1 aromatic rings. The molecule has 2 aliphatic heterocycles. The van der Waals surface area contributed by atoms with Crippen LogP contribution in [0.2, 0.25) is 0 Å². The minimum absolute atomic E-state index is 0.338. The van der Waals surface area contributed by atoms with E-state index < -0.39 is 17.3 Å². The van der Waals surface area contributed by atoms with E-state index in [4.69, 9.17) is 14.5 Å². The Balaban J connectivity index is 2.12. The van der Waals surface area contributed by atoms with E-state index in [-0.39, 0.29) is 5.97 Å². The van der Waals surface area contributed by atoms with Crippen LogP contribution in [-0.4, -0.2) is 12.1 Å². The fourth-order valence-corrected chi connectivity index (χ4v) is 2.78. The zero-order chi connectivity index (χ0) is 13.7. The van der Waals surface area contributed by atoms with Crippen molar-refractivity contribution < 1.29 is 19.3 Å². The largest absolute Gasteiger partial charge is 0.459 e. The predicted octanol–water partition coefficient (Wildman–Crippen LogP) is 2.58. The molecule has 0 spiro atoms. The van der Waals surface area contributed by atoms with Gasteiger partial charge in [-0.3, -0.25) is 4.79 Å². The Hall–Kier alpha value is -1.65. The van der Waals surface area contributed by atoms with E-state index in [2.05, 4.69) is 0 Å². The van der Waals surface area contributed by atoms with Crippen LogP contribution in [0.15, 0.2) is 36.4 Å². The quantitative estimate of drug-likeness (QED) is 0.466. The molecule has 0 aromatic heterocycles. The molecule has 0 saturated heterocycles. The molecule has 0 radical (unpaired) electrons. The van der Waals surface area contributed by atoms with Crippen molar-refractivity contribution in [2.24, 2.45) is 0 Å². The summed E-state index contributed by atoms with van der Waals surface area (Å²) in [4.78, 5) is 22.3. The summed E-state index contributed by atoms with van der Waals surface area (Å²) < 4.78 is 5.30. The van der Waals surface area contributed by atoms with E-state index in [1.807, 2.05) is 43.3 Å². The maximum Gasteiger partial charge on any atom is 0.303 e. The third-order valence-electron chi connectivity index (χ3n) is 3.83. The van der Waals surface area contributed by atoms with E-state index in [0.29, 0.717) is 0 Å². The highest BCUT2D eigenvalue weighted by Crippen LogP contribution is 2.50. The minimum Gasteiger partial charge on any atom is -0.459 e. The normalized spacial score (nSPS) is 32.8. The van der Waals surface area contributed by atoms with Gasteiger partial charge in [0.25, 0.3) is 0 Å². The number of hydrogen-bond acceptors (Lipinski definition) is 4. The van der Waals surface area contributed by atoms with Gasteiger partial charge in [0.1, 0.15) is 11.7 Å². The Morgan fingerprint density at radius 1 is 1.21 bits per heavy atom. The molecule has 0 N–H and O–H groups in total. The lowest BCUT2D eigenvalue weighted by molar-refractivity contribution is -0.430. The fourth-order valence-electron chi connectivity index (χ4n) is 2.78. The van der Waals surface area contributed by atoms with E-state index in [1.165, 1.54) is 6.92 Å². The average Bonchev–Trinajstić information content (AvgIpc) is 2.39. The van der Waals surface area contributed by atoms with E-state index in [1.54, 1.807) is 6.92 Å². The first-order chi connectivity index (χ1) is 8.98. The van der Waals surface area contributed by atoms with Crippen LogP contribution in [0.4, 0.5) is 0 Å². The molecule has 100 valence electrons. The van der Waals surface area contributed by atoms with Crippen molar-refractivity contribution in [1.29, 1.82) is 0 Å². The van der Waals surface area contributed by atoms with E-state index in [0.717, 1.165) is 11.1 Å². The third kappa shape index (κ3) is 1.64. The zero-order valence-electron chi connectivity index (χ0n) is 11.2. The maximum absolute atomic E-state index is 11.2. The topological polar surface area (TPSA) is 44.8 Å². The Kier molecular flexibility index (Phi) is 2.56. The molecule has 0 saturated carbocycles. The van der Waals surface area contributed by atoms with Crippen molar-refractivity contribution in [2.45, 2.75) is 38.1 Å². The van der Waals surface area contributed by atoms with Crippen LogP contribution >= 0.6 is 0 Å². The molecule has 1 aliphatic carbocycles. The standard InChI is InChI=1S/C15H16O4/c1-10(17-11(2)16)15-9-8-14(3,18-19-15)12-6-4-5-7-13(12)15/h4-10H,1-3H3/t10-,14-,15-/m1/s1. The van der Waals surface area contributed by atoms with Crippen LogP contribution in [0.1, 0.15) is 31.9 Å². The van der Waals surface area contributed by atoms with Gasteiger partial charge in [-0.1, -0.05) is 24.3 Å². The van der Waals surface area contributed by atoms with Crippen molar-refractivity contribution in [3.05, 3.63) is 47.5 Å². The van der Waals surface area contributed by atoms with Gasteiger partial charge in [0.05, 0.1) is 0 Å². The number of rotatable bonds is 2. The summed E-state index contributed by atoms with van der Waals surface area (Å²) >= 11 is 0. The molecule has 4 nitrogen and oxygen atoms in total. The summed E-state index contributed by atoms with van der Waals surface area (Å²) in [6, 6.07) is 7.91. The fraction of sp³-hybridized carbons (Fsp3) is 0.400. The first-order valence-electron chi connectivity index (χ1n) is 6.32. The Morgan fingerprint density at radius 2 is 1.89 bits per heavy atom. The van der Waals surface area contributed by atoms with Gasteiger partial charge in [-0.25, -0.2) is 9.78 Å². The minimum atomic E-state index is -0.861. The first kappa shape index (κ1) is 12.4. The molecule has 4 rings (SSSR count). The van der Waals surface area contributed by atoms with E-state index >= 15 is 0 Å². The first-order valence-corrected chi connectivity index (χ1v) is 6.32. The molecule has 1 aromatic carbocycles. The smallest absolute Gasteiger partial charge is 0.303 e. The predicted molar refractivity (Wildman–Crippen MR) is 68.0 cm³/mol. The molecular weight excluding hydrogens is 244 g/mol. The third-order valence-corrected chi connectivity index (χ3v) is 3.83. The van der Waals surface area contributed by atoms with Crippen LogP contribution in [0.5, 0.6) is 0 Å². The van der Waals surface area contributed by atoms with Gasteiger partial charge in [-0.15, -0.1) is 0 Å². The lowest BCUT2D eigenvalue weighted by Gasteiger charge is -2.48. The van der Waals surface area contributed by atoms with Crippen molar-refractivity contribution >= 4 is 5.97 Å². The second-order valence-corrected chi connectivity index (χ2v) is 5.20. The van der Waals surface area contributed by atoms with Crippen LogP contribution in [-0.2, 0) is 30.5 Å². The molecule has 2 bridgehead atoms. The van der Waals surface area contributed by atoms with Gasteiger partial charge in [0.2, 0.25) is 0 Å². The number of fused-ring (bicyclic) bond motifs is 1. The monoisotopic (exact) mass is 260 g/mol. The van der Waals surface area contributed by atoms with Crippen LogP contribution < -0.4 is 0 Å². The molecule has 4 heteroatoms. The van der Waals surface area contributed by atoms with E-state index in [9.17, 15) is 4.79 Å². The lowest BCUT2D eigenvalue weighted by Crippen LogP contribution is -2.52. The second kappa shape index (κ2) is 3.92. The second-order valence-electron chi connectivity index (χ2n) is 5.20. The molecule has 3 atom stereocenters. The highest BCUT2D eigenvalue weighted by molar-refractivity contribution is 5.66. The van der Waals surface area contributed by atoms with Gasteiger partial charge >= 0.3 is 5.97 Å². The number of carbonyl (C=O) groups is 1. The summed E-state index contributed by atoms with van der Waals surface area (Å²) in [5.74, 6) is -0.338. The summed E-state index contributed by atoms with van der Waals surface area (Å²) in [7, 11) is 0. The van der Waals surface area contributed by atoms with Crippen LogP contribution in [0.3, 0.4) is 0 Å². The average molecular weight is 260 g/mol. The van der Waals surface area contributed by atoms with Crippen molar-refractivity contribution in [3.63, 3.8) is 0 Å². The zero-order valence-corrected chi connectivity index (χ0v) is 11.2. The molecule has 0 fully saturated rings. The number of hydrogen-bond donors (Lipinski definition) is 0. The molecule has 2 heterocycles. The van der Waals surface area contributed by atoms with Crippen molar-refractivity contribution in [3.8, 4) is 0 Å². The number of benzene rings is 1. The SMILES string of the molecule is CC(=O)O[C@H](C)[C@@]12C=C[C@@](C)(OO1)c1ccccc12. The Labute approximate surface area is 111 Å². The molecule has 3 aliphatic rings. The van der Waals surface area contributed by atoms with Gasteiger partial charge in [0, 0.05) is 12.5 Å². The van der Waals surface area contributed by atoms with Gasteiger partial charge in [-0.05, 0) is 31.6 Å². The summed E-state index contributed by atoms with van der Waals surface area (Å²) in [6.45, 7) is 5.14. The maximum atomic E-state index is 11.2.